The van der Waals surface area contributed by atoms with Gasteiger partial charge in [-0.15, -0.1) is 0 Å². The molecule has 3 aliphatic heterocycles. The predicted octanol–water partition coefficient (Wildman–Crippen LogP) is 3.16. The third-order valence-corrected chi connectivity index (χ3v) is 6.44. The molecule has 0 spiro atoms. The highest BCUT2D eigenvalue weighted by Crippen LogP contribution is 2.25. The van der Waals surface area contributed by atoms with E-state index in [0.29, 0.717) is 24.5 Å². The average molecular weight is 435 g/mol. The van der Waals surface area contributed by atoms with Crippen molar-refractivity contribution in [1.82, 2.24) is 9.80 Å². The molecular formula is C23H35FN4O3. The van der Waals surface area contributed by atoms with E-state index in [1.165, 1.54) is 6.07 Å². The van der Waals surface area contributed by atoms with Crippen LogP contribution in [0.2, 0.25) is 0 Å². The Hall–Kier alpha value is -1.90. The van der Waals surface area contributed by atoms with Crippen molar-refractivity contribution in [3.63, 3.8) is 0 Å². The lowest BCUT2D eigenvalue weighted by atomic mass is 10.2. The number of anilines is 2. The summed E-state index contributed by atoms with van der Waals surface area (Å²) in [5, 5.41) is 2.89. The molecule has 7 nitrogen and oxygen atoms in total. The maximum atomic E-state index is 14.9. The minimum atomic E-state index is -0.299. The van der Waals surface area contributed by atoms with Gasteiger partial charge >= 0.3 is 6.03 Å². The van der Waals surface area contributed by atoms with E-state index in [0.717, 1.165) is 71.5 Å². The number of carbonyl (C=O) groups is 1. The number of halogens is 1. The number of carbonyl (C=O) groups excluding carboxylic acids is 1. The van der Waals surface area contributed by atoms with Crippen LogP contribution in [0.25, 0.3) is 0 Å². The maximum absolute atomic E-state index is 14.9. The highest BCUT2D eigenvalue weighted by Gasteiger charge is 2.27. The van der Waals surface area contributed by atoms with Gasteiger partial charge in [-0.2, -0.15) is 0 Å². The summed E-state index contributed by atoms with van der Waals surface area (Å²) in [5.74, 6) is -0.299. The fourth-order valence-electron chi connectivity index (χ4n) is 4.64. The van der Waals surface area contributed by atoms with Gasteiger partial charge in [0.25, 0.3) is 0 Å². The molecule has 1 aromatic carbocycles. The van der Waals surface area contributed by atoms with E-state index in [4.69, 9.17) is 9.47 Å². The van der Waals surface area contributed by atoms with Gasteiger partial charge in [0.05, 0.1) is 17.9 Å². The number of nitrogens with zero attached hydrogens (tertiary/aromatic N) is 3. The molecule has 3 aliphatic rings. The molecule has 1 N–H and O–H groups in total. The lowest BCUT2D eigenvalue weighted by Gasteiger charge is -2.28. The van der Waals surface area contributed by atoms with Gasteiger partial charge in [0.1, 0.15) is 5.82 Å². The van der Waals surface area contributed by atoms with Gasteiger partial charge in [-0.1, -0.05) is 0 Å². The van der Waals surface area contributed by atoms with Crippen LogP contribution in [0.3, 0.4) is 0 Å². The van der Waals surface area contributed by atoms with Crippen molar-refractivity contribution in [2.45, 2.75) is 44.3 Å². The minimum absolute atomic E-state index is 0.0624. The first-order valence-corrected chi connectivity index (χ1v) is 11.6. The highest BCUT2D eigenvalue weighted by atomic mass is 19.1. The van der Waals surface area contributed by atoms with Crippen LogP contribution in [0.4, 0.5) is 20.6 Å². The smallest absolute Gasteiger partial charge is 0.322 e. The molecule has 3 fully saturated rings. The molecule has 3 heterocycles. The minimum Gasteiger partial charge on any atom is -0.376 e. The third kappa shape index (κ3) is 6.08. The van der Waals surface area contributed by atoms with E-state index in [-0.39, 0.29) is 24.1 Å². The summed E-state index contributed by atoms with van der Waals surface area (Å²) < 4.78 is 26.4. The summed E-state index contributed by atoms with van der Waals surface area (Å²) in [7, 11) is 2.09. The van der Waals surface area contributed by atoms with Crippen molar-refractivity contribution >= 4 is 17.4 Å². The molecule has 2 atom stereocenters. The Morgan fingerprint density at radius 1 is 1.06 bits per heavy atom. The van der Waals surface area contributed by atoms with E-state index in [1.807, 2.05) is 0 Å². The highest BCUT2D eigenvalue weighted by molar-refractivity contribution is 5.89. The molecule has 0 bridgehead atoms. The van der Waals surface area contributed by atoms with Gasteiger partial charge in [0.15, 0.2) is 0 Å². The Bertz CT molecular complexity index is 720. The number of likely N-dealkylation sites (N-methyl/N-ethyl adjacent to an activating group) is 1. The van der Waals surface area contributed by atoms with Gasteiger partial charge in [-0.3, -0.25) is 0 Å². The lowest BCUT2D eigenvalue weighted by Crippen LogP contribution is -2.44. The SMILES string of the molecule is CN1CCCN(c2ccc(NC(=O)N(C[C@H]3CCCO3)C[C@H]3CCCO3)cc2F)CC1. The number of hydrogen-bond donors (Lipinski definition) is 1. The predicted molar refractivity (Wildman–Crippen MR) is 119 cm³/mol. The Kier molecular flexibility index (Phi) is 7.63. The van der Waals surface area contributed by atoms with E-state index < -0.39 is 0 Å². The fraction of sp³-hybridized carbons (Fsp3) is 0.696. The van der Waals surface area contributed by atoms with Crippen LogP contribution in [0.15, 0.2) is 18.2 Å². The second-order valence-corrected chi connectivity index (χ2v) is 8.92. The Balaban J connectivity index is 1.40. The molecular weight excluding hydrogens is 399 g/mol. The second kappa shape index (κ2) is 10.6. The number of hydrogen-bond acceptors (Lipinski definition) is 5. The molecule has 4 rings (SSSR count). The molecule has 2 amide bonds. The second-order valence-electron chi connectivity index (χ2n) is 8.92. The largest absolute Gasteiger partial charge is 0.376 e. The molecule has 0 radical (unpaired) electrons. The third-order valence-electron chi connectivity index (χ3n) is 6.44. The molecule has 3 saturated heterocycles. The Morgan fingerprint density at radius 2 is 1.77 bits per heavy atom. The molecule has 0 saturated carbocycles. The zero-order valence-corrected chi connectivity index (χ0v) is 18.5. The van der Waals surface area contributed by atoms with Gasteiger partial charge in [-0.25, -0.2) is 9.18 Å². The van der Waals surface area contributed by atoms with Crippen LogP contribution in [0.1, 0.15) is 32.1 Å². The normalized spacial score (nSPS) is 24.9. The number of nitrogens with one attached hydrogen (secondary N) is 1. The van der Waals surface area contributed by atoms with Crippen LogP contribution < -0.4 is 10.2 Å². The first-order valence-electron chi connectivity index (χ1n) is 11.6. The van der Waals surface area contributed by atoms with E-state index in [1.54, 1.807) is 17.0 Å². The standard InChI is InChI=1S/C23H35FN4O3/c1-26-9-4-10-27(12-11-26)22-8-7-18(15-21(22)24)25-23(29)28(16-19-5-2-13-30-19)17-20-6-3-14-31-20/h7-8,15,19-20H,2-6,9-14,16-17H2,1H3,(H,25,29)/t19-,20-/m1/s1. The number of ether oxygens (including phenoxy) is 2. The lowest BCUT2D eigenvalue weighted by molar-refractivity contribution is 0.0524. The molecule has 0 unspecified atom stereocenters. The van der Waals surface area contributed by atoms with Crippen molar-refractivity contribution in [1.29, 1.82) is 0 Å². The topological polar surface area (TPSA) is 57.3 Å². The number of rotatable bonds is 6. The van der Waals surface area contributed by atoms with Gasteiger partial charge in [0.2, 0.25) is 0 Å². The molecule has 8 heteroatoms. The summed E-state index contributed by atoms with van der Waals surface area (Å²) in [6.45, 7) is 6.15. The van der Waals surface area contributed by atoms with Crippen molar-refractivity contribution in [3.8, 4) is 0 Å². The zero-order chi connectivity index (χ0) is 21.6. The zero-order valence-electron chi connectivity index (χ0n) is 18.5. The Morgan fingerprint density at radius 3 is 2.39 bits per heavy atom. The van der Waals surface area contributed by atoms with Gasteiger partial charge in [-0.05, 0) is 63.9 Å². The van der Waals surface area contributed by atoms with E-state index in [9.17, 15) is 9.18 Å². The van der Waals surface area contributed by atoms with E-state index in [2.05, 4.69) is 22.2 Å². The molecule has 0 aromatic heterocycles. The average Bonchev–Trinajstić information content (AvgIpc) is 3.41. The van der Waals surface area contributed by atoms with Crippen LogP contribution in [-0.2, 0) is 9.47 Å². The van der Waals surface area contributed by atoms with Crippen molar-refractivity contribution < 1.29 is 18.7 Å². The Labute approximate surface area is 184 Å². The summed E-state index contributed by atoms with van der Waals surface area (Å²) in [5.41, 5.74) is 1.08. The number of urea groups is 1. The molecule has 0 aliphatic carbocycles. The molecule has 31 heavy (non-hydrogen) atoms. The first-order chi connectivity index (χ1) is 15.1. The van der Waals surface area contributed by atoms with Crippen molar-refractivity contribution in [2.75, 3.05) is 69.7 Å². The fourth-order valence-corrected chi connectivity index (χ4v) is 4.64. The molecule has 172 valence electrons. The van der Waals surface area contributed by atoms with Crippen molar-refractivity contribution in [2.24, 2.45) is 0 Å². The quantitative estimate of drug-likeness (QED) is 0.745. The van der Waals surface area contributed by atoms with Crippen LogP contribution in [0, 0.1) is 5.82 Å². The van der Waals surface area contributed by atoms with Crippen LogP contribution in [0.5, 0.6) is 0 Å². The van der Waals surface area contributed by atoms with Crippen LogP contribution >= 0.6 is 0 Å². The van der Waals surface area contributed by atoms with E-state index >= 15 is 0 Å². The molecule has 1 aromatic rings. The summed E-state index contributed by atoms with van der Waals surface area (Å²) in [6, 6.07) is 4.77. The van der Waals surface area contributed by atoms with Gasteiger partial charge < -0.3 is 29.5 Å². The summed E-state index contributed by atoms with van der Waals surface area (Å²) in [6.07, 6.45) is 5.11. The first kappa shape index (κ1) is 22.3. The summed E-state index contributed by atoms with van der Waals surface area (Å²) in [4.78, 5) is 19.2. The maximum Gasteiger partial charge on any atom is 0.322 e. The summed E-state index contributed by atoms with van der Waals surface area (Å²) >= 11 is 0. The van der Waals surface area contributed by atoms with Gasteiger partial charge in [0, 0.05) is 51.6 Å². The number of benzene rings is 1. The van der Waals surface area contributed by atoms with Crippen LogP contribution in [-0.4, -0.2) is 87.6 Å². The monoisotopic (exact) mass is 434 g/mol. The number of amides is 2. The van der Waals surface area contributed by atoms with Crippen molar-refractivity contribution in [3.05, 3.63) is 24.0 Å².